The number of benzene rings is 1. The van der Waals surface area contributed by atoms with Crippen molar-refractivity contribution in [1.29, 1.82) is 0 Å². The van der Waals surface area contributed by atoms with Gasteiger partial charge in [0, 0.05) is 6.42 Å². The first-order chi connectivity index (χ1) is 8.13. The molecule has 0 saturated heterocycles. The topological polar surface area (TPSA) is 68.1 Å². The molecule has 0 radical (unpaired) electrons. The fraction of sp³-hybridized carbons (Fsp3) is 0.364. The second-order valence-corrected chi connectivity index (χ2v) is 5.61. The van der Waals surface area contributed by atoms with E-state index in [1.54, 1.807) is 6.92 Å². The predicted octanol–water partition coefficient (Wildman–Crippen LogP) is 2.36. The van der Waals surface area contributed by atoms with Gasteiger partial charge in [-0.2, -0.15) is 0 Å². The molecule has 0 saturated carbocycles. The minimum atomic E-state index is -3.73. The molecule has 2 rings (SSSR count). The minimum absolute atomic E-state index is 0.175. The minimum Gasteiger partial charge on any atom is -0.379 e. The van der Waals surface area contributed by atoms with Crippen LogP contribution in [0.3, 0.4) is 0 Å². The fourth-order valence-electron chi connectivity index (χ4n) is 1.61. The van der Waals surface area contributed by atoms with E-state index in [1.807, 2.05) is 30.3 Å². The summed E-state index contributed by atoms with van der Waals surface area (Å²) in [7, 11) is -3.73. The van der Waals surface area contributed by atoms with Gasteiger partial charge < -0.3 is 14.3 Å². The Hall–Kier alpha value is -1.16. The molecule has 1 heterocycles. The number of nitrogens with zero attached hydrogens (tertiary/aromatic N) is 1. The Kier molecular flexibility index (Phi) is 3.62. The van der Waals surface area contributed by atoms with E-state index >= 15 is 0 Å². The van der Waals surface area contributed by atoms with Crippen molar-refractivity contribution in [3.05, 3.63) is 35.9 Å². The van der Waals surface area contributed by atoms with Gasteiger partial charge in [0.1, 0.15) is 0 Å². The molecule has 2 unspecified atom stereocenters. The van der Waals surface area contributed by atoms with E-state index in [0.717, 1.165) is 5.56 Å². The summed E-state index contributed by atoms with van der Waals surface area (Å²) in [6, 6.07) is 9.42. The van der Waals surface area contributed by atoms with Crippen molar-refractivity contribution in [3.8, 4) is 0 Å². The van der Waals surface area contributed by atoms with Crippen LogP contribution in [-0.2, 0) is 13.9 Å². The molecule has 1 aliphatic heterocycles. The van der Waals surface area contributed by atoms with Gasteiger partial charge in [0.15, 0.2) is 0 Å². The number of hydrogen-bond acceptors (Lipinski definition) is 4. The highest BCUT2D eigenvalue weighted by molar-refractivity contribution is 7.53. The number of oxime groups is 1. The quantitative estimate of drug-likeness (QED) is 0.838. The molecular formula is C11H14NO4P. The summed E-state index contributed by atoms with van der Waals surface area (Å²) in [5, 5.41) is 3.84. The second kappa shape index (κ2) is 5.00. The van der Waals surface area contributed by atoms with E-state index in [0.29, 0.717) is 5.71 Å². The first-order valence-electron chi connectivity index (χ1n) is 5.38. The smallest absolute Gasteiger partial charge is 0.371 e. The Balaban J connectivity index is 2.07. The molecule has 6 heteroatoms. The Labute approximate surface area is 99.6 Å². The van der Waals surface area contributed by atoms with Gasteiger partial charge in [0.25, 0.3) is 0 Å². The molecule has 0 spiro atoms. The van der Waals surface area contributed by atoms with Gasteiger partial charge in [-0.3, -0.25) is 4.57 Å². The third-order valence-corrected chi connectivity index (χ3v) is 4.07. The van der Waals surface area contributed by atoms with Crippen molar-refractivity contribution in [1.82, 2.24) is 0 Å². The van der Waals surface area contributed by atoms with E-state index < -0.39 is 13.4 Å². The van der Waals surface area contributed by atoms with Crippen LogP contribution in [0.5, 0.6) is 0 Å². The van der Waals surface area contributed by atoms with E-state index in [2.05, 4.69) is 5.16 Å². The zero-order chi connectivity index (χ0) is 12.3. The van der Waals surface area contributed by atoms with E-state index in [4.69, 9.17) is 9.36 Å². The van der Waals surface area contributed by atoms with Crippen molar-refractivity contribution in [2.75, 3.05) is 6.61 Å². The lowest BCUT2D eigenvalue weighted by molar-refractivity contribution is 0.107. The van der Waals surface area contributed by atoms with Crippen LogP contribution in [0.25, 0.3) is 0 Å². The summed E-state index contributed by atoms with van der Waals surface area (Å²) in [4.78, 5) is 14.6. The summed E-state index contributed by atoms with van der Waals surface area (Å²) in [6.07, 6.45) is 0.289. The molecule has 17 heavy (non-hydrogen) atoms. The molecule has 1 aromatic carbocycles. The van der Waals surface area contributed by atoms with Crippen molar-refractivity contribution in [2.45, 2.75) is 19.2 Å². The van der Waals surface area contributed by atoms with Crippen molar-refractivity contribution >= 4 is 13.3 Å². The molecule has 1 N–H and O–H groups in total. The second-order valence-electron chi connectivity index (χ2n) is 3.65. The standard InChI is InChI=1S/C11H14NO4P/c1-2-15-17(13,14)11-8-10(12-16-11)9-6-4-3-5-7-9/h3-7,11H,2,8H2,1H3,(H,13,14). The molecule has 1 aromatic rings. The molecule has 5 nitrogen and oxygen atoms in total. The molecular weight excluding hydrogens is 241 g/mol. The van der Waals surface area contributed by atoms with Crippen molar-refractivity contribution < 1.29 is 18.8 Å². The number of hydrogen-bond donors (Lipinski definition) is 1. The Morgan fingerprint density at radius 3 is 2.88 bits per heavy atom. The van der Waals surface area contributed by atoms with Crippen LogP contribution in [0.4, 0.5) is 0 Å². The highest BCUT2D eigenvalue weighted by Gasteiger charge is 2.39. The maximum absolute atomic E-state index is 11.7. The molecule has 1 aliphatic rings. The fourth-order valence-corrected chi connectivity index (χ4v) is 2.71. The normalized spacial score (nSPS) is 22.7. The summed E-state index contributed by atoms with van der Waals surface area (Å²) in [5.74, 6) is -0.891. The monoisotopic (exact) mass is 255 g/mol. The molecule has 2 atom stereocenters. The summed E-state index contributed by atoms with van der Waals surface area (Å²) < 4.78 is 16.5. The highest BCUT2D eigenvalue weighted by atomic mass is 31.2. The van der Waals surface area contributed by atoms with Gasteiger partial charge in [0.2, 0.25) is 5.85 Å². The van der Waals surface area contributed by atoms with Crippen LogP contribution in [0, 0.1) is 0 Å². The average molecular weight is 255 g/mol. The van der Waals surface area contributed by atoms with Crippen LogP contribution in [0.15, 0.2) is 35.5 Å². The summed E-state index contributed by atoms with van der Waals surface area (Å²) in [6.45, 7) is 1.84. The maximum atomic E-state index is 11.7. The van der Waals surface area contributed by atoms with Crippen molar-refractivity contribution in [3.63, 3.8) is 0 Å². The van der Waals surface area contributed by atoms with E-state index in [9.17, 15) is 9.46 Å². The van der Waals surface area contributed by atoms with Crippen LogP contribution >= 0.6 is 7.60 Å². The van der Waals surface area contributed by atoms with Gasteiger partial charge in [0.05, 0.1) is 12.3 Å². The Morgan fingerprint density at radius 2 is 2.24 bits per heavy atom. The SMILES string of the molecule is CCOP(=O)(O)C1CC(c2ccccc2)=NO1. The third-order valence-electron chi connectivity index (χ3n) is 2.44. The molecule has 0 bridgehead atoms. The summed E-state index contributed by atoms with van der Waals surface area (Å²) >= 11 is 0. The maximum Gasteiger partial charge on any atom is 0.371 e. The van der Waals surface area contributed by atoms with Crippen LogP contribution in [-0.4, -0.2) is 23.1 Å². The van der Waals surface area contributed by atoms with Gasteiger partial charge in [-0.15, -0.1) is 0 Å². The van der Waals surface area contributed by atoms with Gasteiger partial charge >= 0.3 is 7.60 Å². The molecule has 92 valence electrons. The molecule has 0 fully saturated rings. The molecule has 0 amide bonds. The largest absolute Gasteiger partial charge is 0.379 e. The first-order valence-corrected chi connectivity index (χ1v) is 7.03. The Bertz CT molecular complexity index is 460. The zero-order valence-corrected chi connectivity index (χ0v) is 10.3. The van der Waals surface area contributed by atoms with E-state index in [1.165, 1.54) is 0 Å². The van der Waals surface area contributed by atoms with Crippen molar-refractivity contribution in [2.24, 2.45) is 5.16 Å². The molecule has 0 aliphatic carbocycles. The van der Waals surface area contributed by atoms with Crippen LogP contribution < -0.4 is 0 Å². The average Bonchev–Trinajstić information content (AvgIpc) is 2.80. The predicted molar refractivity (Wildman–Crippen MR) is 63.9 cm³/mol. The van der Waals surface area contributed by atoms with Gasteiger partial charge in [-0.05, 0) is 12.5 Å². The van der Waals surface area contributed by atoms with Gasteiger partial charge in [-0.25, -0.2) is 0 Å². The lowest BCUT2D eigenvalue weighted by Gasteiger charge is -2.15. The summed E-state index contributed by atoms with van der Waals surface area (Å²) in [5.41, 5.74) is 1.57. The highest BCUT2D eigenvalue weighted by Crippen LogP contribution is 2.51. The molecule has 0 aromatic heterocycles. The number of rotatable bonds is 4. The van der Waals surface area contributed by atoms with Crippen LogP contribution in [0.1, 0.15) is 18.9 Å². The van der Waals surface area contributed by atoms with Gasteiger partial charge in [-0.1, -0.05) is 35.5 Å². The third kappa shape index (κ3) is 2.75. The lowest BCUT2D eigenvalue weighted by atomic mass is 10.1. The van der Waals surface area contributed by atoms with Crippen LogP contribution in [0.2, 0.25) is 0 Å². The zero-order valence-electron chi connectivity index (χ0n) is 9.44. The lowest BCUT2D eigenvalue weighted by Crippen LogP contribution is -2.11. The first kappa shape index (κ1) is 12.3. The Morgan fingerprint density at radius 1 is 1.53 bits per heavy atom. The van der Waals surface area contributed by atoms with E-state index in [-0.39, 0.29) is 13.0 Å².